The average molecular weight is 254 g/mol. The number of nitrogens with two attached hydrogens (primary N) is 1. The first-order chi connectivity index (χ1) is 7.77. The molecule has 1 saturated heterocycles. The lowest BCUT2D eigenvalue weighted by Crippen LogP contribution is -2.55. The normalized spacial score (nSPS) is 28.1. The van der Waals surface area contributed by atoms with Crippen molar-refractivity contribution in [1.82, 2.24) is 4.90 Å². The molecule has 0 amide bonds. The highest BCUT2D eigenvalue weighted by Crippen LogP contribution is 2.32. The van der Waals surface area contributed by atoms with Gasteiger partial charge < -0.3 is 10.8 Å². The molecule has 4 unspecified atom stereocenters. The molecule has 1 rings (SSSR count). The number of hydrogen-bond donors (Lipinski definition) is 2. The Labute approximate surface area is 99.8 Å². The van der Waals surface area contributed by atoms with E-state index in [4.69, 9.17) is 5.73 Å². The van der Waals surface area contributed by atoms with Gasteiger partial charge in [0, 0.05) is 12.6 Å². The highest BCUT2D eigenvalue weighted by molar-refractivity contribution is 4.92. The molecule has 102 valence electrons. The van der Waals surface area contributed by atoms with Gasteiger partial charge in [0.05, 0.1) is 6.10 Å². The van der Waals surface area contributed by atoms with Crippen molar-refractivity contribution >= 4 is 0 Å². The summed E-state index contributed by atoms with van der Waals surface area (Å²) in [5, 5.41) is 9.41. The minimum Gasteiger partial charge on any atom is -0.393 e. The van der Waals surface area contributed by atoms with Gasteiger partial charge in [0.25, 0.3) is 0 Å². The number of aliphatic hydroxyl groups is 1. The van der Waals surface area contributed by atoms with Crippen LogP contribution in [0.4, 0.5) is 13.2 Å². The van der Waals surface area contributed by atoms with Gasteiger partial charge in [0.15, 0.2) is 0 Å². The summed E-state index contributed by atoms with van der Waals surface area (Å²) in [6.45, 7) is 3.91. The quantitative estimate of drug-likeness (QED) is 0.796. The summed E-state index contributed by atoms with van der Waals surface area (Å²) in [5.74, 6) is -0.0797. The molecule has 0 aromatic rings. The lowest BCUT2D eigenvalue weighted by Gasteiger charge is -2.33. The Hall–Kier alpha value is -0.330. The van der Waals surface area contributed by atoms with E-state index in [1.807, 2.05) is 0 Å². The van der Waals surface area contributed by atoms with Gasteiger partial charge in [0.2, 0.25) is 0 Å². The van der Waals surface area contributed by atoms with Gasteiger partial charge in [-0.1, -0.05) is 6.92 Å². The van der Waals surface area contributed by atoms with Gasteiger partial charge in [-0.2, -0.15) is 13.2 Å². The monoisotopic (exact) mass is 254 g/mol. The standard InChI is InChI=1S/C11H21F3N2O/c1-3-9(15)10(11(12,13)14)16-5-4-8(6-16)7(2)17/h7-10,17H,3-6,15H2,1-2H3. The van der Waals surface area contributed by atoms with Crippen LogP contribution in [-0.2, 0) is 0 Å². The van der Waals surface area contributed by atoms with Crippen LogP contribution >= 0.6 is 0 Å². The Kier molecular flexibility index (Phi) is 4.80. The van der Waals surface area contributed by atoms with Crippen LogP contribution in [0, 0.1) is 5.92 Å². The fraction of sp³-hybridized carbons (Fsp3) is 1.00. The van der Waals surface area contributed by atoms with Crippen LogP contribution in [0.2, 0.25) is 0 Å². The second-order valence-electron chi connectivity index (χ2n) is 4.84. The number of nitrogens with zero attached hydrogens (tertiary/aromatic N) is 1. The van der Waals surface area contributed by atoms with E-state index in [2.05, 4.69) is 0 Å². The van der Waals surface area contributed by atoms with E-state index in [9.17, 15) is 18.3 Å². The van der Waals surface area contributed by atoms with Gasteiger partial charge >= 0.3 is 6.18 Å². The molecule has 1 aliphatic heterocycles. The number of aliphatic hydroxyl groups excluding tert-OH is 1. The number of likely N-dealkylation sites (tertiary alicyclic amines) is 1. The molecule has 0 saturated carbocycles. The molecule has 3 nitrogen and oxygen atoms in total. The molecule has 0 spiro atoms. The molecular weight excluding hydrogens is 233 g/mol. The van der Waals surface area contributed by atoms with Crippen molar-refractivity contribution in [3.05, 3.63) is 0 Å². The zero-order valence-electron chi connectivity index (χ0n) is 10.2. The largest absolute Gasteiger partial charge is 0.405 e. The summed E-state index contributed by atoms with van der Waals surface area (Å²) < 4.78 is 38.9. The maximum atomic E-state index is 13.0. The molecular formula is C11H21F3N2O. The van der Waals surface area contributed by atoms with Crippen LogP contribution in [0.5, 0.6) is 0 Å². The van der Waals surface area contributed by atoms with E-state index < -0.39 is 24.4 Å². The fourth-order valence-electron chi connectivity index (χ4n) is 2.41. The predicted molar refractivity (Wildman–Crippen MR) is 59.5 cm³/mol. The van der Waals surface area contributed by atoms with E-state index in [1.165, 1.54) is 4.90 Å². The minimum absolute atomic E-state index is 0.0797. The van der Waals surface area contributed by atoms with Crippen molar-refractivity contribution in [2.75, 3.05) is 13.1 Å². The molecule has 6 heteroatoms. The molecule has 0 radical (unpaired) electrons. The molecule has 0 aliphatic carbocycles. The van der Waals surface area contributed by atoms with Crippen LogP contribution in [-0.4, -0.2) is 47.5 Å². The summed E-state index contributed by atoms with van der Waals surface area (Å²) in [4.78, 5) is 1.37. The lowest BCUT2D eigenvalue weighted by molar-refractivity contribution is -0.187. The lowest BCUT2D eigenvalue weighted by atomic mass is 10.0. The third-order valence-corrected chi connectivity index (χ3v) is 3.54. The van der Waals surface area contributed by atoms with Crippen molar-refractivity contribution in [3.8, 4) is 0 Å². The fourth-order valence-corrected chi connectivity index (χ4v) is 2.41. The Balaban J connectivity index is 2.73. The van der Waals surface area contributed by atoms with Crippen molar-refractivity contribution in [1.29, 1.82) is 0 Å². The maximum Gasteiger partial charge on any atom is 0.405 e. The molecule has 17 heavy (non-hydrogen) atoms. The second kappa shape index (κ2) is 5.54. The smallest absolute Gasteiger partial charge is 0.393 e. The van der Waals surface area contributed by atoms with Crippen LogP contribution in [0.3, 0.4) is 0 Å². The first-order valence-corrected chi connectivity index (χ1v) is 6.01. The van der Waals surface area contributed by atoms with E-state index in [0.29, 0.717) is 19.4 Å². The Morgan fingerprint density at radius 1 is 1.47 bits per heavy atom. The molecule has 3 N–H and O–H groups in total. The van der Waals surface area contributed by atoms with E-state index >= 15 is 0 Å². The van der Waals surface area contributed by atoms with Crippen molar-refractivity contribution < 1.29 is 18.3 Å². The average Bonchev–Trinajstić information content (AvgIpc) is 2.64. The van der Waals surface area contributed by atoms with Gasteiger partial charge in [-0.25, -0.2) is 0 Å². The summed E-state index contributed by atoms with van der Waals surface area (Å²) >= 11 is 0. The van der Waals surface area contributed by atoms with Crippen LogP contribution in [0.25, 0.3) is 0 Å². The molecule has 4 atom stereocenters. The summed E-state index contributed by atoms with van der Waals surface area (Å²) in [5.41, 5.74) is 5.58. The zero-order chi connectivity index (χ0) is 13.2. The first kappa shape index (κ1) is 14.7. The molecule has 0 bridgehead atoms. The van der Waals surface area contributed by atoms with Crippen molar-refractivity contribution in [3.63, 3.8) is 0 Å². The summed E-state index contributed by atoms with van der Waals surface area (Å²) in [6.07, 6.45) is -3.98. The Morgan fingerprint density at radius 2 is 2.06 bits per heavy atom. The molecule has 0 aromatic heterocycles. The topological polar surface area (TPSA) is 49.5 Å². The van der Waals surface area contributed by atoms with Crippen molar-refractivity contribution in [2.45, 2.75) is 51.1 Å². The summed E-state index contributed by atoms with van der Waals surface area (Å²) in [6, 6.07) is -2.49. The zero-order valence-corrected chi connectivity index (χ0v) is 10.2. The number of alkyl halides is 3. The number of halogens is 3. The molecule has 1 heterocycles. The SMILES string of the molecule is CCC(N)C(N1CCC(C(C)O)C1)C(F)(F)F. The van der Waals surface area contributed by atoms with Crippen LogP contribution in [0.1, 0.15) is 26.7 Å². The van der Waals surface area contributed by atoms with Crippen LogP contribution < -0.4 is 5.73 Å². The van der Waals surface area contributed by atoms with Crippen molar-refractivity contribution in [2.24, 2.45) is 11.7 Å². The number of rotatable bonds is 4. The molecule has 1 aliphatic rings. The van der Waals surface area contributed by atoms with E-state index in [1.54, 1.807) is 13.8 Å². The predicted octanol–water partition coefficient (Wildman–Crippen LogP) is 1.36. The van der Waals surface area contributed by atoms with Gasteiger partial charge in [0.1, 0.15) is 6.04 Å². The third-order valence-electron chi connectivity index (χ3n) is 3.54. The molecule has 1 fully saturated rings. The minimum atomic E-state index is -4.30. The second-order valence-corrected chi connectivity index (χ2v) is 4.84. The van der Waals surface area contributed by atoms with Gasteiger partial charge in [-0.3, -0.25) is 4.90 Å². The molecule has 0 aromatic carbocycles. The Morgan fingerprint density at radius 3 is 2.41 bits per heavy atom. The highest BCUT2D eigenvalue weighted by atomic mass is 19.4. The van der Waals surface area contributed by atoms with E-state index in [-0.39, 0.29) is 12.5 Å². The highest BCUT2D eigenvalue weighted by Gasteiger charge is 2.48. The van der Waals surface area contributed by atoms with Gasteiger partial charge in [-0.05, 0) is 32.2 Å². The van der Waals surface area contributed by atoms with Crippen LogP contribution in [0.15, 0.2) is 0 Å². The summed E-state index contributed by atoms with van der Waals surface area (Å²) in [7, 11) is 0. The maximum absolute atomic E-state index is 13.0. The van der Waals surface area contributed by atoms with E-state index in [0.717, 1.165) is 0 Å². The number of hydrogen-bond acceptors (Lipinski definition) is 3. The third kappa shape index (κ3) is 3.56. The first-order valence-electron chi connectivity index (χ1n) is 6.01. The van der Waals surface area contributed by atoms with Gasteiger partial charge in [-0.15, -0.1) is 0 Å². The Bertz CT molecular complexity index is 245.